The predicted octanol–water partition coefficient (Wildman–Crippen LogP) is 5.66. The van der Waals surface area contributed by atoms with Crippen molar-refractivity contribution in [2.45, 2.75) is 76.4 Å². The summed E-state index contributed by atoms with van der Waals surface area (Å²) in [4.78, 5) is 5.47. The van der Waals surface area contributed by atoms with Crippen molar-refractivity contribution < 1.29 is 5.11 Å². The van der Waals surface area contributed by atoms with Crippen molar-refractivity contribution in [3.05, 3.63) is 60.3 Å². The number of aliphatic hydroxyl groups excluding tert-OH is 1. The van der Waals surface area contributed by atoms with Gasteiger partial charge < -0.3 is 5.11 Å². The first-order valence-corrected chi connectivity index (χ1v) is 13.7. The summed E-state index contributed by atoms with van der Waals surface area (Å²) >= 11 is 0. The third-order valence-corrected chi connectivity index (χ3v) is 8.90. The molecule has 2 saturated heterocycles. The molecule has 33 heavy (non-hydrogen) atoms. The molecule has 0 radical (unpaired) electrons. The molecule has 2 fully saturated rings. The second-order valence-corrected chi connectivity index (χ2v) is 11.1. The van der Waals surface area contributed by atoms with Crippen LogP contribution in [0.25, 0.3) is 0 Å². The monoisotopic (exact) mass is 448 g/mol. The van der Waals surface area contributed by atoms with Crippen LogP contribution in [0.5, 0.6) is 0 Å². The number of nitrogens with zero attached hydrogens (tertiary/aromatic N) is 2. The number of fused-ring (bicyclic) bond motifs is 1. The molecule has 7 atom stereocenters. The van der Waals surface area contributed by atoms with Crippen LogP contribution in [0.15, 0.2) is 60.3 Å². The molecule has 5 heterocycles. The SMILES string of the molecule is O[C@@H]1CN2CC/C=C/C/C=C\C/C=C/CCC3=CC4CN5CCCC/C=C/CC[C@@](C2)([C@@H]41)[C@@H]35. The van der Waals surface area contributed by atoms with Gasteiger partial charge in [0.1, 0.15) is 0 Å². The summed E-state index contributed by atoms with van der Waals surface area (Å²) < 4.78 is 0. The second kappa shape index (κ2) is 10.9. The maximum Gasteiger partial charge on any atom is 0.0707 e. The zero-order chi connectivity index (χ0) is 22.5. The van der Waals surface area contributed by atoms with Crippen LogP contribution in [0.1, 0.15) is 64.2 Å². The molecule has 0 aromatic carbocycles. The van der Waals surface area contributed by atoms with Crippen molar-refractivity contribution in [1.29, 1.82) is 0 Å². The zero-order valence-corrected chi connectivity index (χ0v) is 20.5. The van der Waals surface area contributed by atoms with Crippen LogP contribution in [-0.2, 0) is 0 Å². The fourth-order valence-corrected chi connectivity index (χ4v) is 7.75. The van der Waals surface area contributed by atoms with Gasteiger partial charge in [0.15, 0.2) is 0 Å². The highest BCUT2D eigenvalue weighted by Crippen LogP contribution is 2.57. The minimum atomic E-state index is -0.200. The molecule has 1 aliphatic carbocycles. The Morgan fingerprint density at radius 3 is 2.42 bits per heavy atom. The van der Waals surface area contributed by atoms with E-state index in [0.717, 1.165) is 58.3 Å². The van der Waals surface area contributed by atoms with E-state index in [2.05, 4.69) is 64.5 Å². The second-order valence-electron chi connectivity index (χ2n) is 11.1. The normalized spacial score (nSPS) is 45.8. The molecule has 6 rings (SSSR count). The number of aliphatic hydroxyl groups is 1. The molecule has 0 aromatic rings. The zero-order valence-electron chi connectivity index (χ0n) is 20.5. The van der Waals surface area contributed by atoms with E-state index in [1.165, 1.54) is 38.6 Å². The van der Waals surface area contributed by atoms with E-state index < -0.39 is 0 Å². The molecule has 0 amide bonds. The van der Waals surface area contributed by atoms with Crippen LogP contribution in [0.3, 0.4) is 0 Å². The molecule has 3 nitrogen and oxygen atoms in total. The summed E-state index contributed by atoms with van der Waals surface area (Å²) in [6.07, 6.45) is 33.0. The lowest BCUT2D eigenvalue weighted by Gasteiger charge is -2.65. The lowest BCUT2D eigenvalue weighted by atomic mass is 9.51. The molecule has 6 bridgehead atoms. The van der Waals surface area contributed by atoms with Gasteiger partial charge in [-0.2, -0.15) is 0 Å². The molecule has 180 valence electrons. The standard InChI is InChI=1S/C30H44N2O/c33-27-23-31-19-15-11-7-4-2-1-3-5-9-13-17-25-21-26-22-32-20-16-12-8-6-10-14-18-30(24-31,28(26)27)29(25)32/h1-2,5-7,9-11,21,26-29,33H,3-4,8,12-20,22-24H2/b2-1-,9-5+,10-6+,11-7+/t26?,27-,28+,29-,30-/m1/s1. The molecule has 1 N–H and O–H groups in total. The van der Waals surface area contributed by atoms with Gasteiger partial charge in [0, 0.05) is 43.6 Å². The quantitative estimate of drug-likeness (QED) is 0.485. The maximum atomic E-state index is 11.6. The molecule has 1 spiro atoms. The molecule has 5 aliphatic heterocycles. The lowest BCUT2D eigenvalue weighted by molar-refractivity contribution is -0.159. The van der Waals surface area contributed by atoms with Crippen molar-refractivity contribution in [3.8, 4) is 0 Å². The summed E-state index contributed by atoms with van der Waals surface area (Å²) in [5, 5.41) is 11.6. The first-order chi connectivity index (χ1) is 16.3. The van der Waals surface area contributed by atoms with E-state index in [4.69, 9.17) is 0 Å². The fourth-order valence-electron chi connectivity index (χ4n) is 7.75. The molecule has 6 aliphatic rings. The number of allylic oxidation sites excluding steroid dienone is 7. The van der Waals surface area contributed by atoms with E-state index in [1.807, 2.05) is 0 Å². The summed E-state index contributed by atoms with van der Waals surface area (Å²) in [6, 6.07) is 0.510. The lowest BCUT2D eigenvalue weighted by Crippen LogP contribution is -2.72. The Hall–Kier alpha value is -1.42. The third kappa shape index (κ3) is 5.01. The topological polar surface area (TPSA) is 26.7 Å². The average Bonchev–Trinajstić information content (AvgIpc) is 2.83. The Bertz CT molecular complexity index is 808. The van der Waals surface area contributed by atoms with Crippen LogP contribution >= 0.6 is 0 Å². The van der Waals surface area contributed by atoms with Gasteiger partial charge in [-0.15, -0.1) is 0 Å². The first-order valence-electron chi connectivity index (χ1n) is 13.7. The summed E-state index contributed by atoms with van der Waals surface area (Å²) in [6.45, 7) is 5.46. The molecule has 3 heteroatoms. The number of hydrogen-bond donors (Lipinski definition) is 1. The van der Waals surface area contributed by atoms with Crippen molar-refractivity contribution >= 4 is 0 Å². The number of rotatable bonds is 0. The van der Waals surface area contributed by atoms with Gasteiger partial charge in [0.25, 0.3) is 0 Å². The van der Waals surface area contributed by atoms with E-state index in [0.29, 0.717) is 17.9 Å². The minimum Gasteiger partial charge on any atom is -0.391 e. The van der Waals surface area contributed by atoms with Crippen molar-refractivity contribution in [2.75, 3.05) is 32.7 Å². The Kier molecular flexibility index (Phi) is 7.69. The highest BCUT2D eigenvalue weighted by atomic mass is 16.3. The van der Waals surface area contributed by atoms with E-state index in [9.17, 15) is 5.11 Å². The van der Waals surface area contributed by atoms with Gasteiger partial charge in [-0.3, -0.25) is 9.80 Å². The molecular weight excluding hydrogens is 404 g/mol. The van der Waals surface area contributed by atoms with Gasteiger partial charge in [-0.05, 0) is 76.7 Å². The fraction of sp³-hybridized carbons (Fsp3) is 0.667. The largest absolute Gasteiger partial charge is 0.391 e. The van der Waals surface area contributed by atoms with Crippen molar-refractivity contribution in [1.82, 2.24) is 9.80 Å². The minimum absolute atomic E-state index is 0.183. The Morgan fingerprint density at radius 2 is 1.55 bits per heavy atom. The molecular formula is C30H44N2O. The predicted molar refractivity (Wildman–Crippen MR) is 138 cm³/mol. The number of piperidine rings is 2. The van der Waals surface area contributed by atoms with Gasteiger partial charge in [-0.25, -0.2) is 0 Å². The summed E-state index contributed by atoms with van der Waals surface area (Å²) in [7, 11) is 0. The maximum absolute atomic E-state index is 11.6. The smallest absolute Gasteiger partial charge is 0.0707 e. The Labute approximate surface area is 201 Å². The summed E-state index contributed by atoms with van der Waals surface area (Å²) in [5.41, 5.74) is 1.87. The van der Waals surface area contributed by atoms with Gasteiger partial charge >= 0.3 is 0 Å². The van der Waals surface area contributed by atoms with Gasteiger partial charge in [0.05, 0.1) is 6.10 Å². The van der Waals surface area contributed by atoms with E-state index in [1.54, 1.807) is 5.57 Å². The van der Waals surface area contributed by atoms with Crippen LogP contribution in [0.4, 0.5) is 0 Å². The molecule has 0 saturated carbocycles. The number of hydrogen-bond acceptors (Lipinski definition) is 3. The first kappa shape index (κ1) is 23.3. The molecule has 0 aromatic heterocycles. The van der Waals surface area contributed by atoms with E-state index >= 15 is 0 Å². The van der Waals surface area contributed by atoms with Crippen LogP contribution in [-0.4, -0.2) is 59.8 Å². The van der Waals surface area contributed by atoms with Crippen molar-refractivity contribution in [3.63, 3.8) is 0 Å². The Balaban J connectivity index is 1.51. The van der Waals surface area contributed by atoms with Crippen molar-refractivity contribution in [2.24, 2.45) is 17.3 Å². The Morgan fingerprint density at radius 1 is 0.788 bits per heavy atom. The van der Waals surface area contributed by atoms with Crippen LogP contribution < -0.4 is 0 Å². The molecule has 3 unspecified atom stereocenters. The third-order valence-electron chi connectivity index (χ3n) is 8.90. The van der Waals surface area contributed by atoms with Gasteiger partial charge in [-0.1, -0.05) is 60.3 Å². The highest BCUT2D eigenvalue weighted by molar-refractivity contribution is 5.31. The van der Waals surface area contributed by atoms with Gasteiger partial charge in [0.2, 0.25) is 0 Å². The summed E-state index contributed by atoms with van der Waals surface area (Å²) in [5.74, 6) is 0.936. The van der Waals surface area contributed by atoms with E-state index in [-0.39, 0.29) is 11.5 Å². The highest BCUT2D eigenvalue weighted by Gasteiger charge is 2.61. The van der Waals surface area contributed by atoms with Crippen LogP contribution in [0, 0.1) is 17.3 Å². The van der Waals surface area contributed by atoms with Crippen LogP contribution in [0.2, 0.25) is 0 Å². The average molecular weight is 449 g/mol.